The summed E-state index contributed by atoms with van der Waals surface area (Å²) < 4.78 is 12.8. The van der Waals surface area contributed by atoms with E-state index in [4.69, 9.17) is 4.42 Å². The summed E-state index contributed by atoms with van der Waals surface area (Å²) in [6, 6.07) is 155. The zero-order chi connectivity index (χ0) is 74.9. The zero-order valence-corrected chi connectivity index (χ0v) is 62.1. The van der Waals surface area contributed by atoms with Crippen molar-refractivity contribution in [2.75, 3.05) is 9.80 Å². The van der Waals surface area contributed by atoms with Gasteiger partial charge in [-0.15, -0.1) is 0 Å². The lowest BCUT2D eigenvalue weighted by atomic mass is 9.33. The fraction of sp³-hybridized carbons (Fsp3) is 0. The average Bonchev–Trinajstić information content (AvgIpc) is 1.20. The molecular weight excluding hydrogens is 1380 g/mol. The van der Waals surface area contributed by atoms with Gasteiger partial charge >= 0.3 is 0 Å². The predicted molar refractivity (Wildman–Crippen MR) is 480 cm³/mol. The number of anilines is 6. The van der Waals surface area contributed by atoms with Crippen molar-refractivity contribution in [2.45, 2.75) is 0 Å². The molecule has 18 aromatic carbocycles. The maximum atomic E-state index is 7.85. The molecule has 6 heteroatoms. The SMILES string of the molecule is c1ccc(-c2ccc(-c3cccc(-c4ccc(-c5ccccc5)cc4)c3N3c4ccc(-n5c6ccccc6c6ccccc65)cc4B4c5cc6c(cc5N(c5c(-c7ccc(-c8ccccc8)cc7)cccc5-c5ccc(-c7ccccc7)cc5)c5c4c3cc3c5oc4ccccc43)c3ccccc3n6-c3ccccc3)cc2)cc1. The van der Waals surface area contributed by atoms with Gasteiger partial charge in [-0.3, -0.25) is 0 Å². The highest BCUT2D eigenvalue weighted by Crippen LogP contribution is 2.57. The van der Waals surface area contributed by atoms with Crippen LogP contribution in [0, 0.1) is 0 Å². The van der Waals surface area contributed by atoms with Gasteiger partial charge in [0.1, 0.15) is 5.58 Å². The minimum Gasteiger partial charge on any atom is -0.454 e. The third-order valence-electron chi connectivity index (χ3n) is 23.9. The summed E-state index contributed by atoms with van der Waals surface area (Å²) in [5, 5.41) is 6.76. The van der Waals surface area contributed by atoms with E-state index in [1.54, 1.807) is 0 Å². The van der Waals surface area contributed by atoms with Crippen LogP contribution < -0.4 is 26.2 Å². The zero-order valence-electron chi connectivity index (χ0n) is 62.1. The smallest absolute Gasteiger partial charge is 0.252 e. The first-order valence-corrected chi connectivity index (χ1v) is 39.3. The van der Waals surface area contributed by atoms with E-state index in [0.717, 1.165) is 183 Å². The van der Waals surface area contributed by atoms with Crippen molar-refractivity contribution in [2.24, 2.45) is 0 Å². The Kier molecular flexibility index (Phi) is 15.0. The van der Waals surface area contributed by atoms with E-state index < -0.39 is 6.71 Å². The number of benzene rings is 18. The second kappa shape index (κ2) is 26.4. The van der Waals surface area contributed by atoms with Crippen LogP contribution in [0.4, 0.5) is 34.1 Å². The Hall–Kier alpha value is -15.0. The lowest BCUT2D eigenvalue weighted by Crippen LogP contribution is -2.61. The summed E-state index contributed by atoms with van der Waals surface area (Å²) >= 11 is 0. The number of rotatable bonds is 12. The quantitative estimate of drug-likeness (QED) is 0.114. The summed E-state index contributed by atoms with van der Waals surface area (Å²) in [4.78, 5) is 5.34. The van der Waals surface area contributed by atoms with Gasteiger partial charge in [0, 0.05) is 83.0 Å². The molecule has 0 saturated heterocycles. The van der Waals surface area contributed by atoms with Crippen molar-refractivity contribution < 1.29 is 4.42 Å². The Balaban J connectivity index is 0.891. The number of furan rings is 1. The summed E-state index contributed by atoms with van der Waals surface area (Å²) in [7, 11) is 0. The van der Waals surface area contributed by atoms with Crippen LogP contribution >= 0.6 is 0 Å². The minimum absolute atomic E-state index is 0.415. The van der Waals surface area contributed by atoms with Gasteiger partial charge < -0.3 is 23.4 Å². The lowest BCUT2D eigenvalue weighted by Gasteiger charge is -2.45. The van der Waals surface area contributed by atoms with Crippen molar-refractivity contribution in [3.05, 3.63) is 419 Å². The topological polar surface area (TPSA) is 29.5 Å². The molecule has 114 heavy (non-hydrogen) atoms. The van der Waals surface area contributed by atoms with Gasteiger partial charge in [-0.25, -0.2) is 0 Å². The monoisotopic (exact) mass is 1450 g/mol. The number of fused-ring (bicyclic) bond motifs is 14. The molecule has 0 fully saturated rings. The van der Waals surface area contributed by atoms with Crippen molar-refractivity contribution in [1.29, 1.82) is 0 Å². The third kappa shape index (κ3) is 10.3. The highest BCUT2D eigenvalue weighted by molar-refractivity contribution is 7.01. The number of nitrogens with zero attached hydrogens (tertiary/aromatic N) is 4. The van der Waals surface area contributed by atoms with Crippen molar-refractivity contribution in [3.8, 4) is 100 Å². The molecule has 2 aliphatic rings. The van der Waals surface area contributed by atoms with Gasteiger partial charge in [-0.05, 0) is 156 Å². The summed E-state index contributed by atoms with van der Waals surface area (Å²) in [6.45, 7) is -0.415. The van der Waals surface area contributed by atoms with Crippen molar-refractivity contribution >= 4 is 123 Å². The standard InChI is InChI=1S/C108H69BN4O/c1-6-26-70(27-7-1)74-48-56-78(57-49-74)84-40-24-41-85(79-58-50-75(51-59-79)71-28-8-2-9-29-71)105(84)112-99-65-64-83(111-96-44-20-16-36-88(96)89-37-17-21-45-97(89)111)66-94(99)109-95-69-100-92(90-38-18-22-46-98(90)110(100)82-34-14-5-15-35-82)67-101(95)113(107-104(109)102(112)68-93-91-39-19-23-47-103(91)114-108(93)107)106-86(80-60-52-76(53-61-80)72-30-10-3-11-31-72)42-25-43-87(106)81-62-54-77(55-63-81)73-32-12-4-13-33-73/h1-69H. The van der Waals surface area contributed by atoms with Crippen LogP contribution in [0.1, 0.15) is 0 Å². The van der Waals surface area contributed by atoms with E-state index in [2.05, 4.69) is 438 Å². The molecule has 2 aliphatic heterocycles. The van der Waals surface area contributed by atoms with Gasteiger partial charge in [0.25, 0.3) is 6.71 Å². The van der Waals surface area contributed by atoms with E-state index in [-0.39, 0.29) is 0 Å². The van der Waals surface area contributed by atoms with Crippen LogP contribution in [0.15, 0.2) is 423 Å². The first-order chi connectivity index (χ1) is 56.6. The largest absolute Gasteiger partial charge is 0.454 e. The van der Waals surface area contributed by atoms with E-state index in [1.807, 2.05) is 0 Å². The van der Waals surface area contributed by atoms with Gasteiger partial charge in [0.05, 0.1) is 39.1 Å². The molecule has 0 aliphatic carbocycles. The summed E-state index contributed by atoms with van der Waals surface area (Å²) in [5.41, 5.74) is 36.0. The van der Waals surface area contributed by atoms with Crippen LogP contribution in [0.25, 0.3) is 166 Å². The van der Waals surface area contributed by atoms with Crippen LogP contribution in [0.5, 0.6) is 0 Å². The molecule has 0 N–H and O–H groups in total. The molecule has 3 aromatic heterocycles. The van der Waals surface area contributed by atoms with Gasteiger partial charge in [0.15, 0.2) is 5.58 Å². The second-order valence-corrected chi connectivity index (χ2v) is 30.1. The van der Waals surface area contributed by atoms with E-state index in [9.17, 15) is 0 Å². The Morgan fingerprint density at radius 1 is 0.202 bits per heavy atom. The van der Waals surface area contributed by atoms with Crippen molar-refractivity contribution in [1.82, 2.24) is 9.13 Å². The van der Waals surface area contributed by atoms with Crippen LogP contribution in [0.2, 0.25) is 0 Å². The van der Waals surface area contributed by atoms with Crippen LogP contribution in [-0.4, -0.2) is 15.8 Å². The van der Waals surface area contributed by atoms with Crippen LogP contribution in [-0.2, 0) is 0 Å². The summed E-state index contributed by atoms with van der Waals surface area (Å²) in [5.74, 6) is 0. The summed E-state index contributed by atoms with van der Waals surface area (Å²) in [6.07, 6.45) is 0. The van der Waals surface area contributed by atoms with E-state index in [1.165, 1.54) is 33.0 Å². The van der Waals surface area contributed by atoms with E-state index >= 15 is 0 Å². The maximum Gasteiger partial charge on any atom is 0.252 e. The Morgan fingerprint density at radius 3 is 1.01 bits per heavy atom. The van der Waals surface area contributed by atoms with E-state index in [0.29, 0.717) is 0 Å². The minimum atomic E-state index is -0.415. The molecule has 0 radical (unpaired) electrons. The lowest BCUT2D eigenvalue weighted by molar-refractivity contribution is 0.669. The number of para-hydroxylation sites is 7. The molecule has 23 rings (SSSR count). The maximum absolute atomic E-state index is 7.85. The molecule has 0 unspecified atom stereocenters. The highest BCUT2D eigenvalue weighted by atomic mass is 16.3. The molecule has 0 spiro atoms. The Labute approximate surface area is 660 Å². The Morgan fingerprint density at radius 2 is 0.553 bits per heavy atom. The average molecular weight is 1450 g/mol. The Bertz CT molecular complexity index is 7100. The molecular formula is C108H69BN4O. The molecule has 21 aromatic rings. The van der Waals surface area contributed by atoms with Gasteiger partial charge in [-0.1, -0.05) is 346 Å². The van der Waals surface area contributed by atoms with Gasteiger partial charge in [0.2, 0.25) is 0 Å². The van der Waals surface area contributed by atoms with Crippen LogP contribution in [0.3, 0.4) is 0 Å². The second-order valence-electron chi connectivity index (χ2n) is 30.1. The molecule has 5 heterocycles. The predicted octanol–water partition coefficient (Wildman–Crippen LogP) is 27.2. The third-order valence-corrected chi connectivity index (χ3v) is 23.9. The molecule has 530 valence electrons. The first kappa shape index (κ1) is 65.0. The normalized spacial score (nSPS) is 12.3. The molecule has 0 amide bonds. The molecule has 0 bridgehead atoms. The van der Waals surface area contributed by atoms with Gasteiger partial charge in [-0.2, -0.15) is 0 Å². The number of hydrogen-bond acceptors (Lipinski definition) is 3. The fourth-order valence-corrected chi connectivity index (χ4v) is 18.7. The van der Waals surface area contributed by atoms with Crippen molar-refractivity contribution in [3.63, 3.8) is 0 Å². The number of hydrogen-bond donors (Lipinski definition) is 0. The first-order valence-electron chi connectivity index (χ1n) is 39.3. The number of aromatic nitrogens is 2. The molecule has 5 nitrogen and oxygen atoms in total. The fourth-order valence-electron chi connectivity index (χ4n) is 18.7. The molecule has 0 atom stereocenters. The molecule has 0 saturated carbocycles. The highest BCUT2D eigenvalue weighted by Gasteiger charge is 2.48.